The Labute approximate surface area is 88.8 Å². The monoisotopic (exact) mass is 241 g/mol. The van der Waals surface area contributed by atoms with Crippen molar-refractivity contribution in [3.05, 3.63) is 23.5 Å². The molecule has 0 bridgehead atoms. The molecule has 1 aromatic rings. The first-order chi connectivity index (χ1) is 6.97. The fourth-order valence-corrected chi connectivity index (χ4v) is 0.876. The number of rotatable bonds is 4. The second-order valence-corrected chi connectivity index (χ2v) is 2.85. The van der Waals surface area contributed by atoms with Crippen molar-refractivity contribution in [3.63, 3.8) is 0 Å². The third-order valence-corrected chi connectivity index (χ3v) is 1.54. The minimum absolute atomic E-state index is 0.206. The smallest absolute Gasteiger partial charge is 0.490 e. The van der Waals surface area contributed by atoms with E-state index in [1.165, 1.54) is 18.3 Å². The second-order valence-electron chi connectivity index (χ2n) is 2.46. The van der Waals surface area contributed by atoms with Crippen LogP contribution in [-0.4, -0.2) is 24.6 Å². The molecule has 0 aliphatic rings. The number of hydrogen-bond donors (Lipinski definition) is 0. The fourth-order valence-electron chi connectivity index (χ4n) is 0.765. The predicted octanol–water partition coefficient (Wildman–Crippen LogP) is 2.65. The summed E-state index contributed by atoms with van der Waals surface area (Å²) >= 11 is 5.49. The van der Waals surface area contributed by atoms with Crippen molar-refractivity contribution in [1.82, 2.24) is 4.98 Å². The normalized spacial score (nSPS) is 11.5. The van der Waals surface area contributed by atoms with Gasteiger partial charge in [0.15, 0.2) is 0 Å². The van der Waals surface area contributed by atoms with Crippen LogP contribution >= 0.6 is 11.6 Å². The Morgan fingerprint density at radius 1 is 1.27 bits per heavy atom. The highest BCUT2D eigenvalue weighted by atomic mass is 35.5. The van der Waals surface area contributed by atoms with Gasteiger partial charge in [-0.05, 0) is 12.1 Å². The van der Waals surface area contributed by atoms with Gasteiger partial charge in [-0.2, -0.15) is 0 Å². The first kappa shape index (κ1) is 12.1. The lowest BCUT2D eigenvalue weighted by molar-refractivity contribution is -0.325. The van der Waals surface area contributed by atoms with Crippen LogP contribution in [0.25, 0.3) is 0 Å². The van der Waals surface area contributed by atoms with Gasteiger partial charge >= 0.3 is 6.36 Å². The van der Waals surface area contributed by atoms with Crippen molar-refractivity contribution in [2.45, 2.75) is 6.36 Å². The van der Waals surface area contributed by atoms with Crippen molar-refractivity contribution in [2.75, 3.05) is 13.2 Å². The Balaban J connectivity index is 2.23. The highest BCUT2D eigenvalue weighted by molar-refractivity contribution is 6.29. The largest absolute Gasteiger partial charge is 0.522 e. The van der Waals surface area contributed by atoms with Gasteiger partial charge in [0.1, 0.15) is 17.5 Å². The van der Waals surface area contributed by atoms with Gasteiger partial charge in [-0.1, -0.05) is 11.6 Å². The third-order valence-electron chi connectivity index (χ3n) is 1.32. The van der Waals surface area contributed by atoms with Gasteiger partial charge in [0.05, 0.1) is 12.8 Å². The Kier molecular flexibility index (Phi) is 4.16. The van der Waals surface area contributed by atoms with Crippen LogP contribution in [0.5, 0.6) is 5.75 Å². The molecule has 0 aromatic carbocycles. The van der Waals surface area contributed by atoms with Gasteiger partial charge in [-0.3, -0.25) is 4.74 Å². The lowest BCUT2D eigenvalue weighted by Gasteiger charge is -2.08. The van der Waals surface area contributed by atoms with Crippen LogP contribution < -0.4 is 4.74 Å². The Morgan fingerprint density at radius 3 is 2.53 bits per heavy atom. The number of ether oxygens (including phenoxy) is 2. The van der Waals surface area contributed by atoms with Gasteiger partial charge in [0.2, 0.25) is 0 Å². The molecule has 0 saturated heterocycles. The zero-order chi connectivity index (χ0) is 11.3. The van der Waals surface area contributed by atoms with Crippen molar-refractivity contribution in [3.8, 4) is 5.75 Å². The summed E-state index contributed by atoms with van der Waals surface area (Å²) in [4.78, 5) is 3.68. The van der Waals surface area contributed by atoms with Crippen molar-refractivity contribution < 1.29 is 22.6 Å². The average Bonchev–Trinajstić information content (AvgIpc) is 2.14. The van der Waals surface area contributed by atoms with E-state index in [1.54, 1.807) is 0 Å². The maximum absolute atomic E-state index is 11.5. The van der Waals surface area contributed by atoms with E-state index >= 15 is 0 Å². The minimum Gasteiger partial charge on any atom is -0.490 e. The molecule has 0 radical (unpaired) electrons. The van der Waals surface area contributed by atoms with Gasteiger partial charge in [0, 0.05) is 0 Å². The molecule has 7 heteroatoms. The van der Waals surface area contributed by atoms with Crippen LogP contribution in [0.1, 0.15) is 0 Å². The average molecular weight is 242 g/mol. The quantitative estimate of drug-likeness (QED) is 0.600. The predicted molar refractivity (Wildman–Crippen MR) is 46.7 cm³/mol. The van der Waals surface area contributed by atoms with E-state index in [0.29, 0.717) is 5.75 Å². The number of alkyl halides is 3. The Bertz CT molecular complexity index is 302. The van der Waals surface area contributed by atoms with Crippen LogP contribution in [0.4, 0.5) is 13.2 Å². The number of halogens is 4. The summed E-state index contributed by atoms with van der Waals surface area (Å²) in [6.45, 7) is -0.769. The molecule has 0 spiro atoms. The topological polar surface area (TPSA) is 31.4 Å². The van der Waals surface area contributed by atoms with Crippen molar-refractivity contribution in [1.29, 1.82) is 0 Å². The number of pyridine rings is 1. The number of aromatic nitrogens is 1. The molecule has 3 nitrogen and oxygen atoms in total. The zero-order valence-corrected chi connectivity index (χ0v) is 8.18. The summed E-state index contributed by atoms with van der Waals surface area (Å²) in [6.07, 6.45) is -3.31. The summed E-state index contributed by atoms with van der Waals surface area (Å²) < 4.78 is 43.0. The minimum atomic E-state index is -4.62. The number of nitrogens with zero attached hydrogens (tertiary/aromatic N) is 1. The SMILES string of the molecule is FC(F)(F)OCCOc1ccc(Cl)nc1. The lowest BCUT2D eigenvalue weighted by atomic mass is 10.5. The van der Waals surface area contributed by atoms with E-state index in [1.807, 2.05) is 0 Å². The molecule has 0 unspecified atom stereocenters. The molecule has 15 heavy (non-hydrogen) atoms. The molecule has 0 aliphatic heterocycles. The van der Waals surface area contributed by atoms with Crippen molar-refractivity contribution in [2.24, 2.45) is 0 Å². The standard InChI is InChI=1S/C8H7ClF3NO2/c9-7-2-1-6(5-13-7)14-3-4-15-8(10,11)12/h1-2,5H,3-4H2. The highest BCUT2D eigenvalue weighted by Gasteiger charge is 2.28. The number of hydrogen-bond acceptors (Lipinski definition) is 3. The van der Waals surface area contributed by atoms with Gasteiger partial charge < -0.3 is 4.74 Å². The van der Waals surface area contributed by atoms with E-state index in [9.17, 15) is 13.2 Å². The van der Waals surface area contributed by atoms with E-state index in [2.05, 4.69) is 9.72 Å². The molecule has 0 atom stereocenters. The van der Waals surface area contributed by atoms with Crippen molar-refractivity contribution >= 4 is 11.6 Å². The molecule has 0 fully saturated rings. The summed E-state index contributed by atoms with van der Waals surface area (Å²) in [6, 6.07) is 2.98. The van der Waals surface area contributed by atoms with E-state index in [-0.39, 0.29) is 11.8 Å². The first-order valence-corrected chi connectivity index (χ1v) is 4.30. The molecule has 0 saturated carbocycles. The highest BCUT2D eigenvalue weighted by Crippen LogP contribution is 2.16. The van der Waals surface area contributed by atoms with Crippen LogP contribution in [0, 0.1) is 0 Å². The zero-order valence-electron chi connectivity index (χ0n) is 7.42. The Morgan fingerprint density at radius 2 is 2.00 bits per heavy atom. The summed E-state index contributed by atoms with van der Waals surface area (Å²) in [7, 11) is 0. The maximum Gasteiger partial charge on any atom is 0.522 e. The fraction of sp³-hybridized carbons (Fsp3) is 0.375. The van der Waals surface area contributed by atoms with Crippen LogP contribution in [0.3, 0.4) is 0 Å². The van der Waals surface area contributed by atoms with E-state index in [4.69, 9.17) is 16.3 Å². The summed E-state index contributed by atoms with van der Waals surface area (Å²) in [5, 5.41) is 0.286. The van der Waals surface area contributed by atoms with Gasteiger partial charge in [0.25, 0.3) is 0 Å². The molecule has 0 amide bonds. The maximum atomic E-state index is 11.5. The summed E-state index contributed by atoms with van der Waals surface area (Å²) in [5.74, 6) is 0.338. The van der Waals surface area contributed by atoms with Gasteiger partial charge in [-0.25, -0.2) is 4.98 Å². The molecule has 1 rings (SSSR count). The van der Waals surface area contributed by atoms with Crippen LogP contribution in [-0.2, 0) is 4.74 Å². The molecule has 0 aliphatic carbocycles. The van der Waals surface area contributed by atoms with E-state index < -0.39 is 13.0 Å². The third kappa shape index (κ3) is 5.44. The van der Waals surface area contributed by atoms with Gasteiger partial charge in [-0.15, -0.1) is 13.2 Å². The Hall–Kier alpha value is -1.01. The molecule has 0 N–H and O–H groups in total. The molecule has 84 valence electrons. The molecule has 1 aromatic heterocycles. The first-order valence-electron chi connectivity index (χ1n) is 3.92. The van der Waals surface area contributed by atoms with E-state index in [0.717, 1.165) is 0 Å². The summed E-state index contributed by atoms with van der Waals surface area (Å²) in [5.41, 5.74) is 0. The molecular weight excluding hydrogens is 235 g/mol. The molecular formula is C8H7ClF3NO2. The van der Waals surface area contributed by atoms with Crippen LogP contribution in [0.15, 0.2) is 18.3 Å². The molecule has 1 heterocycles. The lowest BCUT2D eigenvalue weighted by Crippen LogP contribution is -2.18. The van der Waals surface area contributed by atoms with Crippen LogP contribution in [0.2, 0.25) is 5.15 Å². The second kappa shape index (κ2) is 5.18.